The molecule has 1 aliphatic heterocycles. The number of nitro groups is 1. The molecular weight excluding hydrogens is 281 g/mol. The van der Waals surface area contributed by atoms with Crippen molar-refractivity contribution in [3.63, 3.8) is 0 Å². The van der Waals surface area contributed by atoms with E-state index in [2.05, 4.69) is 0 Å². The summed E-state index contributed by atoms with van der Waals surface area (Å²) >= 11 is 0. The zero-order valence-corrected chi connectivity index (χ0v) is 9.92. The minimum Gasteiger partial charge on any atom is -0.481 e. The Bertz CT molecular complexity index is 567. The molecule has 1 N–H and O–H groups in total. The summed E-state index contributed by atoms with van der Waals surface area (Å²) in [7, 11) is 0. The van der Waals surface area contributed by atoms with Crippen molar-refractivity contribution in [2.75, 3.05) is 18.0 Å². The van der Waals surface area contributed by atoms with Crippen LogP contribution in [0.3, 0.4) is 0 Å². The molecule has 0 amide bonds. The molecule has 1 heterocycles. The van der Waals surface area contributed by atoms with E-state index in [1.54, 1.807) is 0 Å². The van der Waals surface area contributed by atoms with Crippen LogP contribution in [-0.4, -0.2) is 29.1 Å². The number of carbonyl (C=O) groups is 1. The van der Waals surface area contributed by atoms with Crippen molar-refractivity contribution >= 4 is 17.3 Å². The quantitative estimate of drug-likeness (QED) is 0.681. The first-order valence-electron chi connectivity index (χ1n) is 5.53. The van der Waals surface area contributed by atoms with Gasteiger partial charge in [0.25, 0.3) is 5.69 Å². The SMILES string of the molecule is O=C(O)C1CN(c2ccc([N+](=O)[O-])c(C(F)(F)F)c2)C1. The molecule has 0 saturated carbocycles. The lowest BCUT2D eigenvalue weighted by molar-refractivity contribution is -0.388. The van der Waals surface area contributed by atoms with Crippen molar-refractivity contribution in [2.24, 2.45) is 5.92 Å². The maximum Gasteiger partial charge on any atom is 0.423 e. The number of nitrogens with zero attached hydrogens (tertiary/aromatic N) is 2. The van der Waals surface area contributed by atoms with E-state index >= 15 is 0 Å². The molecule has 1 aliphatic rings. The first-order valence-corrected chi connectivity index (χ1v) is 5.53. The van der Waals surface area contributed by atoms with Crippen molar-refractivity contribution in [2.45, 2.75) is 6.18 Å². The first kappa shape index (κ1) is 14.1. The Labute approximate surface area is 110 Å². The molecule has 0 aliphatic carbocycles. The molecule has 1 aromatic rings. The van der Waals surface area contributed by atoms with Gasteiger partial charge in [0.1, 0.15) is 5.56 Å². The van der Waals surface area contributed by atoms with Crippen LogP contribution < -0.4 is 4.90 Å². The average molecular weight is 290 g/mol. The predicted molar refractivity (Wildman–Crippen MR) is 61.4 cm³/mol. The maximum atomic E-state index is 12.8. The highest BCUT2D eigenvalue weighted by Crippen LogP contribution is 2.39. The van der Waals surface area contributed by atoms with Gasteiger partial charge in [0.2, 0.25) is 0 Å². The van der Waals surface area contributed by atoms with E-state index in [1.807, 2.05) is 0 Å². The Morgan fingerprint density at radius 3 is 2.45 bits per heavy atom. The summed E-state index contributed by atoms with van der Waals surface area (Å²) in [6.07, 6.45) is -4.84. The van der Waals surface area contributed by atoms with Gasteiger partial charge in [-0.05, 0) is 12.1 Å². The lowest BCUT2D eigenvalue weighted by Gasteiger charge is -2.38. The molecule has 0 unspecified atom stereocenters. The molecule has 0 bridgehead atoms. The summed E-state index contributed by atoms with van der Waals surface area (Å²) in [5.74, 6) is -1.64. The summed E-state index contributed by atoms with van der Waals surface area (Å²) in [6.45, 7) is 0.175. The number of alkyl halides is 3. The molecule has 9 heteroatoms. The van der Waals surface area contributed by atoms with E-state index in [0.29, 0.717) is 6.07 Å². The molecule has 2 rings (SSSR count). The Morgan fingerprint density at radius 1 is 1.40 bits per heavy atom. The number of halogens is 3. The van der Waals surface area contributed by atoms with Gasteiger partial charge < -0.3 is 10.0 Å². The van der Waals surface area contributed by atoms with Crippen LogP contribution in [0.5, 0.6) is 0 Å². The fourth-order valence-corrected chi connectivity index (χ4v) is 1.95. The topological polar surface area (TPSA) is 83.7 Å². The van der Waals surface area contributed by atoms with Crippen LogP contribution in [0.15, 0.2) is 18.2 Å². The lowest BCUT2D eigenvalue weighted by Crippen LogP contribution is -2.50. The molecule has 1 aromatic carbocycles. The Hall–Kier alpha value is -2.32. The largest absolute Gasteiger partial charge is 0.481 e. The van der Waals surface area contributed by atoms with Crippen LogP contribution in [0, 0.1) is 16.0 Å². The van der Waals surface area contributed by atoms with Gasteiger partial charge in [0, 0.05) is 24.8 Å². The van der Waals surface area contributed by atoms with Crippen molar-refractivity contribution < 1.29 is 28.0 Å². The summed E-state index contributed by atoms with van der Waals surface area (Å²) in [6, 6.07) is 2.65. The van der Waals surface area contributed by atoms with Gasteiger partial charge in [0.05, 0.1) is 10.8 Å². The molecule has 0 atom stereocenters. The van der Waals surface area contributed by atoms with Crippen molar-refractivity contribution in [1.29, 1.82) is 0 Å². The van der Waals surface area contributed by atoms with E-state index in [4.69, 9.17) is 5.11 Å². The second kappa shape index (κ2) is 4.66. The van der Waals surface area contributed by atoms with Crippen LogP contribution in [0.25, 0.3) is 0 Å². The minimum absolute atomic E-state index is 0.0877. The minimum atomic E-state index is -4.84. The third-order valence-corrected chi connectivity index (χ3v) is 3.08. The number of hydrogen-bond acceptors (Lipinski definition) is 4. The van der Waals surface area contributed by atoms with Crippen LogP contribution in [0.4, 0.5) is 24.5 Å². The van der Waals surface area contributed by atoms with Gasteiger partial charge in [-0.15, -0.1) is 0 Å². The molecule has 108 valence electrons. The predicted octanol–water partition coefficient (Wildman–Crippen LogP) is 2.13. The molecule has 1 fully saturated rings. The fourth-order valence-electron chi connectivity index (χ4n) is 1.95. The zero-order chi connectivity index (χ0) is 15.1. The highest BCUT2D eigenvalue weighted by molar-refractivity contribution is 5.74. The highest BCUT2D eigenvalue weighted by Gasteiger charge is 2.40. The van der Waals surface area contributed by atoms with Gasteiger partial charge in [-0.3, -0.25) is 14.9 Å². The van der Waals surface area contributed by atoms with Gasteiger partial charge in [0.15, 0.2) is 0 Å². The van der Waals surface area contributed by atoms with Gasteiger partial charge in [-0.1, -0.05) is 0 Å². The average Bonchev–Trinajstić information content (AvgIpc) is 2.24. The summed E-state index contributed by atoms with van der Waals surface area (Å²) in [5.41, 5.74) is -2.23. The van der Waals surface area contributed by atoms with Crippen LogP contribution in [0.2, 0.25) is 0 Å². The fraction of sp³-hybridized carbons (Fsp3) is 0.364. The van der Waals surface area contributed by atoms with Crippen LogP contribution in [-0.2, 0) is 11.0 Å². The number of rotatable bonds is 3. The van der Waals surface area contributed by atoms with Crippen molar-refractivity contribution in [1.82, 2.24) is 0 Å². The summed E-state index contributed by atoms with van der Waals surface area (Å²) < 4.78 is 38.3. The van der Waals surface area contributed by atoms with E-state index in [1.165, 1.54) is 11.0 Å². The second-order valence-electron chi connectivity index (χ2n) is 4.40. The van der Waals surface area contributed by atoms with Gasteiger partial charge in [-0.2, -0.15) is 13.2 Å². The smallest absolute Gasteiger partial charge is 0.423 e. The molecule has 0 spiro atoms. The molecule has 6 nitrogen and oxygen atoms in total. The van der Waals surface area contributed by atoms with E-state index < -0.39 is 34.2 Å². The maximum absolute atomic E-state index is 12.8. The van der Waals surface area contributed by atoms with Crippen molar-refractivity contribution in [3.8, 4) is 0 Å². The Kier molecular flexibility index (Phi) is 3.28. The van der Waals surface area contributed by atoms with Gasteiger partial charge >= 0.3 is 12.1 Å². The number of aliphatic carboxylic acids is 1. The van der Waals surface area contributed by atoms with Crippen LogP contribution >= 0.6 is 0 Å². The molecule has 1 saturated heterocycles. The monoisotopic (exact) mass is 290 g/mol. The first-order chi connectivity index (χ1) is 9.20. The zero-order valence-electron chi connectivity index (χ0n) is 9.92. The summed E-state index contributed by atoms with van der Waals surface area (Å²) in [5, 5.41) is 19.3. The number of benzene rings is 1. The molecular formula is C11H9F3N2O4. The third kappa shape index (κ3) is 2.51. The highest BCUT2D eigenvalue weighted by atomic mass is 19.4. The van der Waals surface area contributed by atoms with E-state index in [9.17, 15) is 28.1 Å². The molecule has 0 radical (unpaired) electrons. The standard InChI is InChI=1S/C11H9F3N2O4/c12-11(13,14)8-3-7(1-2-9(8)16(19)20)15-4-6(5-15)10(17)18/h1-3,6H,4-5H2,(H,17,18). The lowest BCUT2D eigenvalue weighted by atomic mass is 9.99. The Morgan fingerprint density at radius 2 is 2.00 bits per heavy atom. The molecule has 0 aromatic heterocycles. The number of hydrogen-bond donors (Lipinski definition) is 1. The second-order valence-corrected chi connectivity index (χ2v) is 4.40. The number of nitro benzene ring substituents is 1. The van der Waals surface area contributed by atoms with E-state index in [-0.39, 0.29) is 18.8 Å². The van der Waals surface area contributed by atoms with Gasteiger partial charge in [-0.25, -0.2) is 0 Å². The number of carboxylic acid groups (broad SMARTS) is 1. The Balaban J connectivity index is 2.30. The van der Waals surface area contributed by atoms with E-state index in [0.717, 1.165) is 6.07 Å². The molecule has 20 heavy (non-hydrogen) atoms. The third-order valence-electron chi connectivity index (χ3n) is 3.08. The number of anilines is 1. The van der Waals surface area contributed by atoms with Crippen molar-refractivity contribution in [3.05, 3.63) is 33.9 Å². The van der Waals surface area contributed by atoms with Crippen LogP contribution in [0.1, 0.15) is 5.56 Å². The normalized spacial score (nSPS) is 15.8. The summed E-state index contributed by atoms with van der Waals surface area (Å²) in [4.78, 5) is 21.6. The number of carboxylic acids is 1.